The molecule has 0 aromatic heterocycles. The fourth-order valence-electron chi connectivity index (χ4n) is 1.01. The first kappa shape index (κ1) is 52.4. The van der Waals surface area contributed by atoms with E-state index in [-0.39, 0.29) is 12.1 Å². The molecule has 42 heavy (non-hydrogen) atoms. The zero-order valence-corrected chi connectivity index (χ0v) is 26.7. The highest BCUT2D eigenvalue weighted by molar-refractivity contribution is 5.66. The molecule has 0 rings (SSSR count). The number of rotatable bonds is 6. The summed E-state index contributed by atoms with van der Waals surface area (Å²) < 4.78 is 117. The molecule has 0 spiro atoms. The molecule has 0 aliphatic heterocycles. The monoisotopic (exact) mass is 644 g/mol. The van der Waals surface area contributed by atoms with Crippen LogP contribution in [0.4, 0.5) is 35.1 Å². The molecule has 0 N–H and O–H groups in total. The van der Waals surface area contributed by atoms with Gasteiger partial charge in [0.05, 0.1) is 12.2 Å². The Morgan fingerprint density at radius 1 is 0.476 bits per heavy atom. The summed E-state index contributed by atoms with van der Waals surface area (Å²) in [6, 6.07) is 0. The Labute approximate surface area is 243 Å². The summed E-state index contributed by atoms with van der Waals surface area (Å²) >= 11 is 0. The van der Waals surface area contributed by atoms with E-state index in [1.807, 2.05) is 27.7 Å². The van der Waals surface area contributed by atoms with Crippen LogP contribution in [-0.2, 0) is 42.8 Å². The van der Waals surface area contributed by atoms with Crippen molar-refractivity contribution in [1.82, 2.24) is 0 Å². The largest absolute Gasteiger partial charge is 0.463 e. The third kappa shape index (κ3) is 66.2. The van der Waals surface area contributed by atoms with Crippen LogP contribution in [0.5, 0.6) is 0 Å². The van der Waals surface area contributed by atoms with Crippen molar-refractivity contribution in [3.8, 4) is 0 Å². The van der Waals surface area contributed by atoms with Crippen molar-refractivity contribution < 1.29 is 77.9 Å². The molecule has 4 atom stereocenters. The van der Waals surface area contributed by atoms with Gasteiger partial charge in [-0.25, -0.2) is 8.78 Å². The SMILES string of the molecule is CC(=O)OC(C)C.CC(=O)OC(C)C(F)(F)F.CC(=O)OC(C)F.COC(C)C.COC(C)C(F)(F)F.COC(C)F. The first-order valence-corrected chi connectivity index (χ1v) is 12.1. The van der Waals surface area contributed by atoms with Crippen LogP contribution in [-0.4, -0.2) is 88.7 Å². The Balaban J connectivity index is -0.0000000942. The number of ether oxygens (including phenoxy) is 6. The minimum Gasteiger partial charge on any atom is -0.463 e. The zero-order valence-electron chi connectivity index (χ0n) is 26.7. The van der Waals surface area contributed by atoms with Gasteiger partial charge in [-0.3, -0.25) is 14.4 Å². The summed E-state index contributed by atoms with van der Waals surface area (Å²) in [4.78, 5) is 29.8. The molecule has 0 fully saturated rings. The lowest BCUT2D eigenvalue weighted by Gasteiger charge is -2.14. The number of hydrogen-bond donors (Lipinski definition) is 0. The topological polar surface area (TPSA) is 107 Å². The smallest absolute Gasteiger partial charge is 0.425 e. The second kappa shape index (κ2) is 30.2. The van der Waals surface area contributed by atoms with E-state index in [9.17, 15) is 49.5 Å². The number of esters is 3. The second-order valence-electron chi connectivity index (χ2n) is 8.09. The Morgan fingerprint density at radius 3 is 0.786 bits per heavy atom. The Hall–Kier alpha value is -2.27. The van der Waals surface area contributed by atoms with Gasteiger partial charge in [-0.05, 0) is 48.5 Å². The number of halogens is 8. The van der Waals surface area contributed by atoms with Gasteiger partial charge in [0.15, 0.2) is 12.5 Å². The normalized spacial score (nSPS) is 13.1. The van der Waals surface area contributed by atoms with Crippen LogP contribution in [0.3, 0.4) is 0 Å². The van der Waals surface area contributed by atoms with Crippen LogP contribution in [0, 0.1) is 0 Å². The fraction of sp³-hybridized carbons (Fsp3) is 0.880. The number of carbonyl (C=O) groups is 3. The first-order chi connectivity index (χ1) is 18.6. The third-order valence-corrected chi connectivity index (χ3v) is 3.14. The first-order valence-electron chi connectivity index (χ1n) is 12.1. The highest BCUT2D eigenvalue weighted by Gasteiger charge is 2.38. The lowest BCUT2D eigenvalue weighted by atomic mass is 10.4. The molecular formula is C25H48F8O9. The molecule has 0 heterocycles. The molecule has 0 saturated carbocycles. The standard InChI is InChI=1S/C5H7F3O2.C5H10O2.C4H7F3O.C4H7FO2.C4H10O.C3H7FO/c1-3(5(6,7)8)10-4(2)9;1-4(2)7-5(3)6;1-3(8-2)4(5,6)7;1-3(5)7-4(2)6;1-4(2)5-3;1-3(4)5-2/h3H,1-2H3;4H,1-3H3;3H,1-2H3;3H,1-2H3;4H,1-3H3;3H,1-2H3. The maximum absolute atomic E-state index is 11.5. The van der Waals surface area contributed by atoms with Crippen LogP contribution in [0.15, 0.2) is 0 Å². The minimum atomic E-state index is -4.45. The molecular weight excluding hydrogens is 596 g/mol. The van der Waals surface area contributed by atoms with E-state index in [0.717, 1.165) is 41.7 Å². The average Bonchev–Trinajstić information content (AvgIpc) is 2.77. The molecule has 0 aromatic carbocycles. The minimum absolute atomic E-state index is 0.0255. The molecule has 17 heteroatoms. The van der Waals surface area contributed by atoms with E-state index in [1.54, 1.807) is 7.11 Å². The van der Waals surface area contributed by atoms with E-state index in [1.165, 1.54) is 21.0 Å². The molecule has 0 aliphatic carbocycles. The molecule has 0 radical (unpaired) electrons. The molecule has 9 nitrogen and oxygen atoms in total. The summed E-state index contributed by atoms with van der Waals surface area (Å²) in [5.74, 6) is -1.73. The average molecular weight is 645 g/mol. The number of hydrogen-bond acceptors (Lipinski definition) is 9. The maximum Gasteiger partial charge on any atom is 0.425 e. The van der Waals surface area contributed by atoms with Gasteiger partial charge >= 0.3 is 30.3 Å². The molecule has 0 aromatic rings. The Kier molecular flexibility index (Phi) is 37.7. The van der Waals surface area contributed by atoms with Gasteiger partial charge in [-0.15, -0.1) is 0 Å². The van der Waals surface area contributed by atoms with Crippen LogP contribution in [0.2, 0.25) is 0 Å². The van der Waals surface area contributed by atoms with Crippen molar-refractivity contribution in [2.24, 2.45) is 0 Å². The predicted octanol–water partition coefficient (Wildman–Crippen LogP) is 6.90. The Morgan fingerprint density at radius 2 is 0.762 bits per heavy atom. The zero-order chi connectivity index (χ0) is 35.4. The predicted molar refractivity (Wildman–Crippen MR) is 139 cm³/mol. The number of methoxy groups -OCH3 is 3. The third-order valence-electron chi connectivity index (χ3n) is 3.14. The van der Waals surface area contributed by atoms with Crippen LogP contribution >= 0.6 is 0 Å². The van der Waals surface area contributed by atoms with Crippen molar-refractivity contribution in [2.75, 3.05) is 21.3 Å². The highest BCUT2D eigenvalue weighted by atomic mass is 19.4. The summed E-state index contributed by atoms with van der Waals surface area (Å²) in [7, 11) is 4.05. The van der Waals surface area contributed by atoms with Crippen molar-refractivity contribution in [3.63, 3.8) is 0 Å². The van der Waals surface area contributed by atoms with Crippen LogP contribution < -0.4 is 0 Å². The lowest BCUT2D eigenvalue weighted by Crippen LogP contribution is -2.29. The van der Waals surface area contributed by atoms with Crippen LogP contribution in [0.1, 0.15) is 76.2 Å². The molecule has 258 valence electrons. The Bertz CT molecular complexity index is 612. The van der Waals surface area contributed by atoms with Crippen molar-refractivity contribution in [2.45, 2.75) is 126 Å². The fourth-order valence-corrected chi connectivity index (χ4v) is 1.01. The quantitative estimate of drug-likeness (QED) is 0.174. The number of alkyl halides is 8. The van der Waals surface area contributed by atoms with Gasteiger partial charge in [0.25, 0.3) is 0 Å². The molecule has 0 amide bonds. The van der Waals surface area contributed by atoms with E-state index in [0.29, 0.717) is 6.10 Å². The van der Waals surface area contributed by atoms with Crippen molar-refractivity contribution in [1.29, 1.82) is 0 Å². The summed E-state index contributed by atoms with van der Waals surface area (Å²) in [5.41, 5.74) is 0. The van der Waals surface area contributed by atoms with Gasteiger partial charge < -0.3 is 28.4 Å². The maximum atomic E-state index is 11.5. The van der Waals surface area contributed by atoms with E-state index < -0.39 is 49.2 Å². The van der Waals surface area contributed by atoms with Gasteiger partial charge in [-0.1, -0.05) is 0 Å². The number of carbonyl (C=O) groups excluding carboxylic acids is 3. The van der Waals surface area contributed by atoms with Gasteiger partial charge in [0.2, 0.25) is 6.36 Å². The van der Waals surface area contributed by atoms with E-state index >= 15 is 0 Å². The second-order valence-corrected chi connectivity index (χ2v) is 8.09. The van der Waals surface area contributed by atoms with Crippen LogP contribution in [0.25, 0.3) is 0 Å². The summed E-state index contributed by atoms with van der Waals surface area (Å²) in [6.07, 6.45) is -14.5. The van der Waals surface area contributed by atoms with Crippen molar-refractivity contribution in [3.05, 3.63) is 0 Å². The molecule has 0 bridgehead atoms. The molecule has 0 aliphatic rings. The molecule has 0 saturated heterocycles. The lowest BCUT2D eigenvalue weighted by molar-refractivity contribution is -0.214. The van der Waals surface area contributed by atoms with Gasteiger partial charge in [-0.2, -0.15) is 26.3 Å². The summed E-state index contributed by atoms with van der Waals surface area (Å²) in [6.45, 7) is 15.4. The highest BCUT2D eigenvalue weighted by Crippen LogP contribution is 2.22. The van der Waals surface area contributed by atoms with Crippen molar-refractivity contribution >= 4 is 17.9 Å². The van der Waals surface area contributed by atoms with E-state index in [2.05, 4.69) is 23.7 Å². The molecule has 4 unspecified atom stereocenters. The van der Waals surface area contributed by atoms with Gasteiger partial charge in [0.1, 0.15) is 6.10 Å². The van der Waals surface area contributed by atoms with Gasteiger partial charge in [0, 0.05) is 49.0 Å². The summed E-state index contributed by atoms with van der Waals surface area (Å²) in [5, 5.41) is 0. The van der Waals surface area contributed by atoms with E-state index in [4.69, 9.17) is 4.74 Å².